The van der Waals surface area contributed by atoms with E-state index in [-0.39, 0.29) is 11.9 Å². The summed E-state index contributed by atoms with van der Waals surface area (Å²) in [6.07, 6.45) is 0. The van der Waals surface area contributed by atoms with E-state index in [1.807, 2.05) is 26.0 Å². The highest BCUT2D eigenvalue weighted by atomic mass is 79.9. The molecule has 1 aromatic carbocycles. The molecule has 0 bridgehead atoms. The first-order valence-corrected chi connectivity index (χ1v) is 6.51. The van der Waals surface area contributed by atoms with E-state index in [1.54, 1.807) is 19.2 Å². The summed E-state index contributed by atoms with van der Waals surface area (Å²) in [5.74, 6) is 0.481. The lowest BCUT2D eigenvalue weighted by Gasteiger charge is -2.18. The van der Waals surface area contributed by atoms with E-state index in [9.17, 15) is 4.39 Å². The van der Waals surface area contributed by atoms with Crippen molar-refractivity contribution in [3.05, 3.63) is 57.2 Å². The fourth-order valence-electron chi connectivity index (χ4n) is 2.20. The van der Waals surface area contributed by atoms with Gasteiger partial charge >= 0.3 is 0 Å². The molecule has 1 heterocycles. The Morgan fingerprint density at radius 2 is 2.00 bits per heavy atom. The highest BCUT2D eigenvalue weighted by molar-refractivity contribution is 9.10. The van der Waals surface area contributed by atoms with E-state index in [4.69, 9.17) is 4.42 Å². The van der Waals surface area contributed by atoms with Gasteiger partial charge in [0.05, 0.1) is 6.04 Å². The predicted molar refractivity (Wildman–Crippen MR) is 73.2 cm³/mol. The molecule has 0 amide bonds. The summed E-state index contributed by atoms with van der Waals surface area (Å²) in [6, 6.07) is 6.88. The Kier molecular flexibility index (Phi) is 3.88. The summed E-state index contributed by atoms with van der Waals surface area (Å²) in [4.78, 5) is 0. The van der Waals surface area contributed by atoms with Crippen molar-refractivity contribution in [1.29, 1.82) is 0 Å². The van der Waals surface area contributed by atoms with Crippen LogP contribution in [-0.4, -0.2) is 7.05 Å². The molecule has 1 N–H and O–H groups in total. The highest BCUT2D eigenvalue weighted by Gasteiger charge is 2.21. The van der Waals surface area contributed by atoms with E-state index in [0.717, 1.165) is 11.1 Å². The molecule has 18 heavy (non-hydrogen) atoms. The van der Waals surface area contributed by atoms with Gasteiger partial charge in [-0.2, -0.15) is 0 Å². The fraction of sp³-hybridized carbons (Fsp3) is 0.286. The second-order valence-corrected chi connectivity index (χ2v) is 5.12. The zero-order chi connectivity index (χ0) is 13.3. The second kappa shape index (κ2) is 5.24. The molecule has 0 saturated heterocycles. The smallest absolute Gasteiger partial charge is 0.169 e. The lowest BCUT2D eigenvalue weighted by Crippen LogP contribution is -2.19. The van der Waals surface area contributed by atoms with E-state index >= 15 is 0 Å². The van der Waals surface area contributed by atoms with Crippen LogP contribution in [0.1, 0.15) is 28.5 Å². The van der Waals surface area contributed by atoms with Gasteiger partial charge in [0.15, 0.2) is 4.67 Å². The topological polar surface area (TPSA) is 25.2 Å². The molecule has 2 aromatic rings. The highest BCUT2D eigenvalue weighted by Crippen LogP contribution is 2.30. The number of furan rings is 1. The maximum Gasteiger partial charge on any atom is 0.169 e. The molecule has 0 spiro atoms. The van der Waals surface area contributed by atoms with E-state index < -0.39 is 0 Å². The molecule has 2 nitrogen and oxygen atoms in total. The Morgan fingerprint density at radius 1 is 1.28 bits per heavy atom. The van der Waals surface area contributed by atoms with Gasteiger partial charge in [-0.1, -0.05) is 6.07 Å². The number of aryl methyl sites for hydroxylation is 2. The van der Waals surface area contributed by atoms with Crippen molar-refractivity contribution in [2.75, 3.05) is 7.05 Å². The number of nitrogens with one attached hydrogen (secondary N) is 1. The van der Waals surface area contributed by atoms with E-state index in [1.165, 1.54) is 0 Å². The summed E-state index contributed by atoms with van der Waals surface area (Å²) in [7, 11) is 1.79. The molecule has 0 aliphatic rings. The minimum atomic E-state index is -0.281. The molecule has 2 rings (SSSR count). The maximum absolute atomic E-state index is 14.1. The minimum Gasteiger partial charge on any atom is -0.452 e. The van der Waals surface area contributed by atoms with E-state index in [0.29, 0.717) is 16.0 Å². The summed E-state index contributed by atoms with van der Waals surface area (Å²) in [5, 5.41) is 3.09. The van der Waals surface area contributed by atoms with Crippen LogP contribution in [0.5, 0.6) is 0 Å². The lowest BCUT2D eigenvalue weighted by molar-refractivity contribution is 0.437. The molecule has 1 atom stereocenters. The summed E-state index contributed by atoms with van der Waals surface area (Å²) in [6.45, 7) is 3.80. The summed E-state index contributed by atoms with van der Waals surface area (Å²) in [5.41, 5.74) is 2.47. The molecule has 1 unspecified atom stereocenters. The van der Waals surface area contributed by atoms with Crippen LogP contribution >= 0.6 is 15.9 Å². The minimum absolute atomic E-state index is 0.209. The quantitative estimate of drug-likeness (QED) is 0.923. The fourth-order valence-corrected chi connectivity index (χ4v) is 2.52. The molecule has 0 aliphatic carbocycles. The monoisotopic (exact) mass is 311 g/mol. The van der Waals surface area contributed by atoms with Crippen molar-refractivity contribution < 1.29 is 8.81 Å². The van der Waals surface area contributed by atoms with E-state index in [2.05, 4.69) is 21.2 Å². The van der Waals surface area contributed by atoms with Crippen LogP contribution in [0, 0.1) is 19.7 Å². The van der Waals surface area contributed by atoms with Gasteiger partial charge in [-0.3, -0.25) is 0 Å². The van der Waals surface area contributed by atoms with Crippen LogP contribution in [-0.2, 0) is 0 Å². The third kappa shape index (κ3) is 2.49. The Bertz CT molecular complexity index is 542. The van der Waals surface area contributed by atoms with Gasteiger partial charge in [0, 0.05) is 5.56 Å². The average Bonchev–Trinajstić information content (AvgIpc) is 2.69. The first-order valence-electron chi connectivity index (χ1n) is 5.72. The van der Waals surface area contributed by atoms with Crippen LogP contribution < -0.4 is 5.32 Å². The van der Waals surface area contributed by atoms with Crippen molar-refractivity contribution in [3.8, 4) is 0 Å². The Balaban J connectivity index is 2.51. The SMILES string of the molecule is CNC(c1ccc(Br)o1)c1c(C)cc(C)cc1F. The average molecular weight is 312 g/mol. The number of halogens is 2. The molecule has 1 aromatic heterocycles. The van der Waals surface area contributed by atoms with Crippen LogP contribution in [0.2, 0.25) is 0 Å². The Hall–Kier alpha value is -1.13. The largest absolute Gasteiger partial charge is 0.452 e. The van der Waals surface area contributed by atoms with Crippen molar-refractivity contribution in [2.45, 2.75) is 19.9 Å². The Morgan fingerprint density at radius 3 is 2.50 bits per heavy atom. The molecule has 4 heteroatoms. The summed E-state index contributed by atoms with van der Waals surface area (Å²) < 4.78 is 20.3. The van der Waals surface area contributed by atoms with Gasteiger partial charge in [0.1, 0.15) is 11.6 Å². The van der Waals surface area contributed by atoms with Gasteiger partial charge in [-0.05, 0) is 66.2 Å². The molecule has 96 valence electrons. The number of hydrogen-bond acceptors (Lipinski definition) is 2. The number of rotatable bonds is 3. The Labute approximate surface area is 114 Å². The third-order valence-electron chi connectivity index (χ3n) is 2.94. The van der Waals surface area contributed by atoms with Gasteiger partial charge < -0.3 is 9.73 Å². The van der Waals surface area contributed by atoms with Gasteiger partial charge in [0.25, 0.3) is 0 Å². The van der Waals surface area contributed by atoms with Crippen molar-refractivity contribution in [2.24, 2.45) is 0 Å². The normalized spacial score (nSPS) is 12.7. The first-order chi connectivity index (χ1) is 8.52. The van der Waals surface area contributed by atoms with Crippen LogP contribution in [0.4, 0.5) is 4.39 Å². The standard InChI is InChI=1S/C14H15BrFNO/c1-8-6-9(2)13(10(16)7-8)14(17-3)11-4-5-12(15)18-11/h4-7,14,17H,1-3H3. The lowest BCUT2D eigenvalue weighted by atomic mass is 9.97. The van der Waals surface area contributed by atoms with Crippen molar-refractivity contribution in [3.63, 3.8) is 0 Å². The van der Waals surface area contributed by atoms with Crippen molar-refractivity contribution >= 4 is 15.9 Å². The molecular weight excluding hydrogens is 297 g/mol. The molecule has 0 radical (unpaired) electrons. The van der Waals surface area contributed by atoms with Crippen LogP contribution in [0.3, 0.4) is 0 Å². The van der Waals surface area contributed by atoms with Gasteiger partial charge in [0.2, 0.25) is 0 Å². The van der Waals surface area contributed by atoms with Gasteiger partial charge in [-0.25, -0.2) is 4.39 Å². The zero-order valence-electron chi connectivity index (χ0n) is 10.6. The molecule has 0 aliphatic heterocycles. The van der Waals surface area contributed by atoms with Crippen molar-refractivity contribution in [1.82, 2.24) is 5.32 Å². The first kappa shape index (κ1) is 13.3. The van der Waals surface area contributed by atoms with Gasteiger partial charge in [-0.15, -0.1) is 0 Å². The molecule has 0 fully saturated rings. The number of hydrogen-bond donors (Lipinski definition) is 1. The summed E-state index contributed by atoms with van der Waals surface area (Å²) >= 11 is 3.26. The second-order valence-electron chi connectivity index (χ2n) is 4.34. The number of benzene rings is 1. The van der Waals surface area contributed by atoms with Crippen LogP contribution in [0.25, 0.3) is 0 Å². The van der Waals surface area contributed by atoms with Crippen LogP contribution in [0.15, 0.2) is 33.4 Å². The molecule has 0 saturated carbocycles. The molecular formula is C14H15BrFNO. The zero-order valence-corrected chi connectivity index (χ0v) is 12.1. The predicted octanol–water partition coefficient (Wildman–Crippen LogP) is 4.11. The maximum atomic E-state index is 14.1. The third-order valence-corrected chi connectivity index (χ3v) is 3.36.